The van der Waals surface area contributed by atoms with E-state index in [1.54, 1.807) is 6.21 Å². The van der Waals surface area contributed by atoms with Gasteiger partial charge in [-0.1, -0.05) is 18.2 Å². The number of benzene rings is 1. The van der Waals surface area contributed by atoms with E-state index in [4.69, 9.17) is 12.2 Å². The molecule has 3 rings (SSSR count). The highest BCUT2D eigenvalue weighted by atomic mass is 32.1. The van der Waals surface area contributed by atoms with E-state index in [-0.39, 0.29) is 0 Å². The van der Waals surface area contributed by atoms with Crippen LogP contribution in [-0.2, 0) is 0 Å². The van der Waals surface area contributed by atoms with Gasteiger partial charge in [0.05, 0.1) is 11.9 Å². The van der Waals surface area contributed by atoms with Crippen molar-refractivity contribution >= 4 is 29.3 Å². The summed E-state index contributed by atoms with van der Waals surface area (Å²) in [6, 6.07) is 10.1. The normalized spacial score (nSPS) is 11.5. The Balaban J connectivity index is 1.98. The average Bonchev–Trinajstić information content (AvgIpc) is 2.92. The number of aromatic nitrogens is 4. The van der Waals surface area contributed by atoms with Gasteiger partial charge in [0.15, 0.2) is 0 Å². The van der Waals surface area contributed by atoms with Crippen molar-refractivity contribution in [3.63, 3.8) is 0 Å². The Labute approximate surface area is 102 Å². The summed E-state index contributed by atoms with van der Waals surface area (Å²) in [6.07, 6.45) is 3.24. The molecule has 2 N–H and O–H groups in total. The summed E-state index contributed by atoms with van der Waals surface area (Å²) < 4.78 is 1.97. The first kappa shape index (κ1) is 9.98. The summed E-state index contributed by atoms with van der Waals surface area (Å²) in [5.41, 5.74) is 2.01. The van der Waals surface area contributed by atoms with Crippen LogP contribution in [0.3, 0.4) is 0 Å². The molecule has 0 saturated carbocycles. The molecule has 0 aliphatic carbocycles. The Morgan fingerprint density at radius 1 is 1.35 bits per heavy atom. The zero-order valence-corrected chi connectivity index (χ0v) is 9.61. The van der Waals surface area contributed by atoms with Crippen LogP contribution >= 0.6 is 12.2 Å². The maximum absolute atomic E-state index is 4.99. The Hall–Kier alpha value is -2.21. The van der Waals surface area contributed by atoms with Crippen LogP contribution in [0.5, 0.6) is 0 Å². The van der Waals surface area contributed by atoms with E-state index in [1.807, 2.05) is 30.3 Å². The van der Waals surface area contributed by atoms with Gasteiger partial charge in [0.1, 0.15) is 6.33 Å². The molecule has 2 heterocycles. The van der Waals surface area contributed by atoms with E-state index in [1.165, 1.54) is 11.0 Å². The van der Waals surface area contributed by atoms with E-state index in [9.17, 15) is 0 Å². The highest BCUT2D eigenvalue weighted by molar-refractivity contribution is 7.71. The number of rotatable bonds is 2. The van der Waals surface area contributed by atoms with E-state index >= 15 is 0 Å². The predicted octanol–water partition coefficient (Wildman–Crippen LogP) is 2.30. The lowest BCUT2D eigenvalue weighted by atomic mass is 10.2. The van der Waals surface area contributed by atoms with Gasteiger partial charge in [0.25, 0.3) is 0 Å². The third-order valence-corrected chi connectivity index (χ3v) is 2.69. The molecule has 0 atom stereocenters. The lowest BCUT2D eigenvalue weighted by molar-refractivity contribution is 0.862. The minimum absolute atomic E-state index is 0.470. The lowest BCUT2D eigenvalue weighted by Gasteiger charge is -1.88. The highest BCUT2D eigenvalue weighted by Gasteiger charge is 1.97. The van der Waals surface area contributed by atoms with Crippen molar-refractivity contribution in [2.24, 2.45) is 5.10 Å². The maximum Gasteiger partial charge on any atom is 0.216 e. The van der Waals surface area contributed by atoms with Gasteiger partial charge in [-0.3, -0.25) is 5.10 Å². The van der Waals surface area contributed by atoms with Crippen molar-refractivity contribution in [2.45, 2.75) is 0 Å². The van der Waals surface area contributed by atoms with Crippen molar-refractivity contribution in [1.82, 2.24) is 19.9 Å². The molecule has 17 heavy (non-hydrogen) atoms. The third-order valence-electron chi connectivity index (χ3n) is 2.41. The molecule has 0 bridgehead atoms. The topological polar surface area (TPSA) is 61.8 Å². The van der Waals surface area contributed by atoms with Crippen molar-refractivity contribution in [1.29, 1.82) is 0 Å². The van der Waals surface area contributed by atoms with Crippen LogP contribution in [0.4, 0.5) is 0 Å². The first-order valence-electron chi connectivity index (χ1n) is 5.07. The number of nitrogens with one attached hydrogen (secondary N) is 2. The van der Waals surface area contributed by atoms with Gasteiger partial charge in [-0.25, -0.2) is 0 Å². The number of para-hydroxylation sites is 1. The second kappa shape index (κ2) is 3.99. The van der Waals surface area contributed by atoms with Crippen LogP contribution in [0.2, 0.25) is 0 Å². The van der Waals surface area contributed by atoms with Gasteiger partial charge in [-0.15, -0.1) is 0 Å². The van der Waals surface area contributed by atoms with Gasteiger partial charge < -0.3 is 4.98 Å². The molecule has 6 heteroatoms. The molecule has 3 aromatic rings. The van der Waals surface area contributed by atoms with Crippen LogP contribution in [0, 0.1) is 4.77 Å². The predicted molar refractivity (Wildman–Crippen MR) is 68.7 cm³/mol. The largest absolute Gasteiger partial charge is 0.354 e. The van der Waals surface area contributed by atoms with E-state index in [0.29, 0.717) is 4.77 Å². The third kappa shape index (κ3) is 1.90. The molecule has 0 radical (unpaired) electrons. The van der Waals surface area contributed by atoms with Crippen LogP contribution in [0.15, 0.2) is 41.8 Å². The van der Waals surface area contributed by atoms with Gasteiger partial charge in [-0.2, -0.15) is 14.9 Å². The quantitative estimate of drug-likeness (QED) is 0.536. The number of nitrogens with zero attached hydrogens (tertiary/aromatic N) is 3. The van der Waals surface area contributed by atoms with Crippen molar-refractivity contribution in [2.75, 3.05) is 0 Å². The molecule has 84 valence electrons. The molecule has 0 fully saturated rings. The lowest BCUT2D eigenvalue weighted by Crippen LogP contribution is -1.88. The summed E-state index contributed by atoms with van der Waals surface area (Å²) in [4.78, 5) is 3.25. The van der Waals surface area contributed by atoms with Gasteiger partial charge in [0, 0.05) is 10.9 Å². The Bertz CT molecular complexity index is 700. The summed E-state index contributed by atoms with van der Waals surface area (Å²) in [7, 11) is 0. The van der Waals surface area contributed by atoms with Crippen LogP contribution in [-0.4, -0.2) is 26.1 Å². The molecule has 2 aromatic heterocycles. The van der Waals surface area contributed by atoms with Gasteiger partial charge in [-0.05, 0) is 24.4 Å². The van der Waals surface area contributed by atoms with Crippen LogP contribution in [0.25, 0.3) is 10.9 Å². The minimum Gasteiger partial charge on any atom is -0.354 e. The number of H-pyrrole nitrogens is 2. The molecule has 0 aliphatic heterocycles. The first-order valence-corrected chi connectivity index (χ1v) is 5.48. The molecule has 1 aromatic carbocycles. The average molecular weight is 243 g/mol. The second-order valence-electron chi connectivity index (χ2n) is 3.56. The zero-order valence-electron chi connectivity index (χ0n) is 8.79. The molecular formula is C11H9N5S. The van der Waals surface area contributed by atoms with E-state index in [0.717, 1.165) is 16.6 Å². The molecular weight excluding hydrogens is 234 g/mol. The molecule has 0 amide bonds. The smallest absolute Gasteiger partial charge is 0.216 e. The number of hydrogen-bond acceptors (Lipinski definition) is 3. The molecule has 0 aliphatic rings. The van der Waals surface area contributed by atoms with Crippen LogP contribution in [0.1, 0.15) is 5.69 Å². The van der Waals surface area contributed by atoms with E-state index in [2.05, 4.69) is 20.3 Å². The van der Waals surface area contributed by atoms with Gasteiger partial charge in [0.2, 0.25) is 4.77 Å². The molecule has 0 unspecified atom stereocenters. The number of hydrogen-bond donors (Lipinski definition) is 2. The summed E-state index contributed by atoms with van der Waals surface area (Å²) >= 11 is 4.99. The summed E-state index contributed by atoms with van der Waals surface area (Å²) in [5.74, 6) is 0. The highest BCUT2D eigenvalue weighted by Crippen LogP contribution is 2.13. The fraction of sp³-hybridized carbons (Fsp3) is 0. The van der Waals surface area contributed by atoms with Crippen molar-refractivity contribution < 1.29 is 0 Å². The summed E-state index contributed by atoms with van der Waals surface area (Å²) in [6.45, 7) is 0. The minimum atomic E-state index is 0.470. The standard InChI is InChI=1S/C11H9N5S/c17-11-15-12-7-16(11)13-6-9-5-8-3-1-2-4-10(8)14-9/h1-7,14H,(H,15,17)/b13-6+. The van der Waals surface area contributed by atoms with E-state index < -0.39 is 0 Å². The zero-order chi connectivity index (χ0) is 11.7. The Morgan fingerprint density at radius 2 is 2.24 bits per heavy atom. The maximum atomic E-state index is 4.99. The monoisotopic (exact) mass is 243 g/mol. The van der Waals surface area contributed by atoms with Gasteiger partial charge >= 0.3 is 0 Å². The fourth-order valence-corrected chi connectivity index (χ4v) is 1.76. The number of fused-ring (bicyclic) bond motifs is 1. The Kier molecular flexibility index (Phi) is 2.34. The summed E-state index contributed by atoms with van der Waals surface area (Å²) in [5, 5.41) is 11.8. The fourth-order valence-electron chi connectivity index (χ4n) is 1.61. The first-order chi connectivity index (χ1) is 8.33. The molecule has 0 saturated heterocycles. The molecule has 5 nitrogen and oxygen atoms in total. The van der Waals surface area contributed by atoms with Crippen LogP contribution < -0.4 is 0 Å². The SMILES string of the molecule is S=c1[nH]ncn1/N=C/c1cc2ccccc2[nH]1. The van der Waals surface area contributed by atoms with Crippen molar-refractivity contribution in [3.05, 3.63) is 47.1 Å². The van der Waals surface area contributed by atoms with Crippen molar-refractivity contribution in [3.8, 4) is 0 Å². The molecule has 0 spiro atoms. The number of aromatic amines is 2. The Morgan fingerprint density at radius 3 is 3.00 bits per heavy atom. The second-order valence-corrected chi connectivity index (χ2v) is 3.95.